The molecular weight excluding hydrogens is 437 g/mol. The highest BCUT2D eigenvalue weighted by Gasteiger charge is 2.18. The Hall–Kier alpha value is -3.22. The van der Waals surface area contributed by atoms with Gasteiger partial charge in [0.25, 0.3) is 5.91 Å². The van der Waals surface area contributed by atoms with Gasteiger partial charge in [-0.15, -0.1) is 0 Å². The summed E-state index contributed by atoms with van der Waals surface area (Å²) in [5.41, 5.74) is 2.77. The number of aromatic nitrogens is 2. The number of fused-ring (bicyclic) bond motifs is 1. The lowest BCUT2D eigenvalue weighted by atomic mass is 10.1. The lowest BCUT2D eigenvalue weighted by Crippen LogP contribution is -2.12. The monoisotopic (exact) mass is 455 g/mol. The molecule has 158 valence electrons. The van der Waals surface area contributed by atoms with Crippen LogP contribution in [0.1, 0.15) is 15.9 Å². The summed E-state index contributed by atoms with van der Waals surface area (Å²) in [7, 11) is 3.22. The lowest BCUT2D eigenvalue weighted by Gasteiger charge is -2.08. The Bertz CT molecular complexity index is 1230. The summed E-state index contributed by atoms with van der Waals surface area (Å²) in [4.78, 5) is 17.1. The van der Waals surface area contributed by atoms with Crippen LogP contribution in [-0.4, -0.2) is 29.7 Å². The normalized spacial score (nSPS) is 10.8. The van der Waals surface area contributed by atoms with Crippen molar-refractivity contribution in [2.24, 2.45) is 0 Å². The van der Waals surface area contributed by atoms with E-state index in [1.807, 2.05) is 53.2 Å². The highest BCUT2D eigenvalue weighted by atomic mass is 35.5. The molecule has 0 fully saturated rings. The van der Waals surface area contributed by atoms with Crippen molar-refractivity contribution in [2.45, 2.75) is 6.54 Å². The van der Waals surface area contributed by atoms with E-state index in [2.05, 4.69) is 10.3 Å². The molecule has 6 nitrogen and oxygen atoms in total. The number of nitrogens with zero attached hydrogens (tertiary/aromatic N) is 2. The van der Waals surface area contributed by atoms with Crippen molar-refractivity contribution in [1.82, 2.24) is 9.55 Å². The maximum atomic E-state index is 13.2. The van der Waals surface area contributed by atoms with E-state index in [1.54, 1.807) is 14.2 Å². The molecule has 4 aromatic rings. The van der Waals surface area contributed by atoms with Crippen LogP contribution in [0.3, 0.4) is 0 Å². The van der Waals surface area contributed by atoms with Gasteiger partial charge in [-0.3, -0.25) is 9.78 Å². The summed E-state index contributed by atoms with van der Waals surface area (Å²) in [5, 5.41) is 4.09. The Morgan fingerprint density at radius 3 is 2.29 bits per heavy atom. The number of carbonyl (C=O) groups excluding carboxylic acids is 1. The van der Waals surface area contributed by atoms with Crippen LogP contribution in [0.2, 0.25) is 10.0 Å². The lowest BCUT2D eigenvalue weighted by molar-refractivity contribution is 0.102. The summed E-state index contributed by atoms with van der Waals surface area (Å²) in [6.07, 6.45) is 4.67. The second-order valence-electron chi connectivity index (χ2n) is 6.83. The van der Waals surface area contributed by atoms with E-state index in [0.717, 1.165) is 22.2 Å². The smallest absolute Gasteiger partial charge is 0.257 e. The zero-order valence-corrected chi connectivity index (χ0v) is 18.4. The van der Waals surface area contributed by atoms with Crippen molar-refractivity contribution in [2.75, 3.05) is 19.5 Å². The Kier molecular flexibility index (Phi) is 6.02. The number of benzene rings is 2. The Morgan fingerprint density at radius 1 is 1.00 bits per heavy atom. The molecule has 0 bridgehead atoms. The molecule has 0 saturated heterocycles. The van der Waals surface area contributed by atoms with Crippen LogP contribution in [-0.2, 0) is 6.54 Å². The van der Waals surface area contributed by atoms with Crippen molar-refractivity contribution in [1.29, 1.82) is 0 Å². The first-order valence-electron chi connectivity index (χ1n) is 9.40. The first kappa shape index (κ1) is 21.0. The molecule has 0 aliphatic carbocycles. The molecule has 0 aliphatic heterocycles. The zero-order chi connectivity index (χ0) is 22.0. The van der Waals surface area contributed by atoms with Crippen LogP contribution in [0.5, 0.6) is 11.5 Å². The van der Waals surface area contributed by atoms with Gasteiger partial charge in [0.05, 0.1) is 35.5 Å². The summed E-state index contributed by atoms with van der Waals surface area (Å²) in [6, 6.07) is 13.4. The van der Waals surface area contributed by atoms with Gasteiger partial charge in [0.15, 0.2) is 0 Å². The standard InChI is InChI=1S/C23H19Cl2N3O3/c1-30-15-5-3-14(4-6-15)12-28-13-18(17-9-16(31-2)7-8-21(17)28)23(29)27-22-19(24)10-26-11-20(22)25/h3-11,13H,12H2,1-2H3,(H,26,27,29). The number of anilines is 1. The van der Waals surface area contributed by atoms with E-state index in [0.29, 0.717) is 23.5 Å². The van der Waals surface area contributed by atoms with Crippen molar-refractivity contribution in [3.8, 4) is 11.5 Å². The van der Waals surface area contributed by atoms with Crippen molar-refractivity contribution in [3.05, 3.63) is 82.2 Å². The number of methoxy groups -OCH3 is 2. The van der Waals surface area contributed by atoms with Crippen LogP contribution in [0.15, 0.2) is 61.1 Å². The summed E-state index contributed by atoms with van der Waals surface area (Å²) < 4.78 is 12.6. The van der Waals surface area contributed by atoms with Gasteiger partial charge in [-0.25, -0.2) is 0 Å². The number of rotatable bonds is 6. The zero-order valence-electron chi connectivity index (χ0n) is 16.9. The molecule has 0 atom stereocenters. The van der Waals surface area contributed by atoms with Crippen LogP contribution < -0.4 is 14.8 Å². The molecule has 0 unspecified atom stereocenters. The topological polar surface area (TPSA) is 65.4 Å². The van der Waals surface area contributed by atoms with Gasteiger partial charge in [-0.05, 0) is 35.9 Å². The fourth-order valence-electron chi connectivity index (χ4n) is 3.35. The Balaban J connectivity index is 1.74. The minimum absolute atomic E-state index is 0.264. The van der Waals surface area contributed by atoms with Crippen LogP contribution in [0.25, 0.3) is 10.9 Å². The minimum Gasteiger partial charge on any atom is -0.497 e. The number of carbonyl (C=O) groups is 1. The molecule has 2 aromatic heterocycles. The second kappa shape index (κ2) is 8.88. The summed E-state index contributed by atoms with van der Waals surface area (Å²) in [6.45, 7) is 0.580. The number of halogens is 2. The van der Waals surface area contributed by atoms with Crippen LogP contribution in [0, 0.1) is 0 Å². The van der Waals surface area contributed by atoms with E-state index in [9.17, 15) is 4.79 Å². The predicted octanol–water partition coefficient (Wildman–Crippen LogP) is 5.66. The molecule has 1 N–H and O–H groups in total. The molecule has 0 saturated carbocycles. The fourth-order valence-corrected chi connectivity index (χ4v) is 3.81. The van der Waals surface area contributed by atoms with E-state index in [1.165, 1.54) is 12.4 Å². The summed E-state index contributed by atoms with van der Waals surface area (Å²) >= 11 is 12.3. The third kappa shape index (κ3) is 4.31. The molecule has 4 rings (SSSR count). The third-order valence-electron chi connectivity index (χ3n) is 4.94. The summed E-state index contributed by atoms with van der Waals surface area (Å²) in [5.74, 6) is 1.11. The second-order valence-corrected chi connectivity index (χ2v) is 7.65. The number of hydrogen-bond acceptors (Lipinski definition) is 4. The van der Waals surface area contributed by atoms with Gasteiger partial charge in [0, 0.05) is 36.0 Å². The molecule has 2 aromatic carbocycles. The maximum absolute atomic E-state index is 13.2. The Morgan fingerprint density at radius 2 is 1.65 bits per heavy atom. The molecule has 8 heteroatoms. The molecule has 1 amide bonds. The molecule has 0 aliphatic rings. The van der Waals surface area contributed by atoms with E-state index in [-0.39, 0.29) is 16.0 Å². The average molecular weight is 456 g/mol. The first-order valence-corrected chi connectivity index (χ1v) is 10.2. The number of hydrogen-bond donors (Lipinski definition) is 1. The van der Waals surface area contributed by atoms with Crippen molar-refractivity contribution >= 4 is 45.7 Å². The first-order chi connectivity index (χ1) is 15.0. The van der Waals surface area contributed by atoms with Gasteiger partial charge in [0.1, 0.15) is 11.5 Å². The molecule has 0 radical (unpaired) electrons. The third-order valence-corrected chi connectivity index (χ3v) is 5.51. The number of pyridine rings is 1. The van der Waals surface area contributed by atoms with Gasteiger partial charge < -0.3 is 19.4 Å². The highest BCUT2D eigenvalue weighted by Crippen LogP contribution is 2.31. The van der Waals surface area contributed by atoms with Crippen LogP contribution in [0.4, 0.5) is 5.69 Å². The van der Waals surface area contributed by atoms with E-state index in [4.69, 9.17) is 32.7 Å². The van der Waals surface area contributed by atoms with Crippen molar-refractivity contribution < 1.29 is 14.3 Å². The minimum atomic E-state index is -0.332. The highest BCUT2D eigenvalue weighted by molar-refractivity contribution is 6.39. The van der Waals surface area contributed by atoms with Gasteiger partial charge >= 0.3 is 0 Å². The largest absolute Gasteiger partial charge is 0.497 e. The number of ether oxygens (including phenoxy) is 2. The van der Waals surface area contributed by atoms with Crippen LogP contribution >= 0.6 is 23.2 Å². The average Bonchev–Trinajstić information content (AvgIpc) is 3.14. The number of amides is 1. The molecule has 2 heterocycles. The van der Waals surface area contributed by atoms with Gasteiger partial charge in [-0.1, -0.05) is 35.3 Å². The fraction of sp³-hybridized carbons (Fsp3) is 0.130. The van der Waals surface area contributed by atoms with E-state index >= 15 is 0 Å². The quantitative estimate of drug-likeness (QED) is 0.407. The SMILES string of the molecule is COc1ccc(Cn2cc(C(=O)Nc3c(Cl)cncc3Cl)c3cc(OC)ccc32)cc1. The maximum Gasteiger partial charge on any atom is 0.257 e. The van der Waals surface area contributed by atoms with E-state index < -0.39 is 0 Å². The molecular formula is C23H19Cl2N3O3. The van der Waals surface area contributed by atoms with Gasteiger partial charge in [-0.2, -0.15) is 0 Å². The molecule has 31 heavy (non-hydrogen) atoms. The number of nitrogens with one attached hydrogen (secondary N) is 1. The Labute approximate surface area is 189 Å². The van der Waals surface area contributed by atoms with Crippen molar-refractivity contribution in [3.63, 3.8) is 0 Å². The van der Waals surface area contributed by atoms with Gasteiger partial charge in [0.2, 0.25) is 0 Å². The molecule has 0 spiro atoms. The predicted molar refractivity (Wildman–Crippen MR) is 123 cm³/mol.